The van der Waals surface area contributed by atoms with Gasteiger partial charge in [-0.25, -0.2) is 9.37 Å². The van der Waals surface area contributed by atoms with Gasteiger partial charge in [0.1, 0.15) is 11.6 Å². The molecule has 164 valence electrons. The second-order valence-corrected chi connectivity index (χ2v) is 8.42. The number of halogens is 1. The molecule has 0 saturated heterocycles. The van der Waals surface area contributed by atoms with Crippen molar-refractivity contribution in [3.05, 3.63) is 88.7 Å². The lowest BCUT2D eigenvalue weighted by molar-refractivity contribution is 0.0642. The summed E-state index contributed by atoms with van der Waals surface area (Å²) in [5, 5.41) is 2.98. The number of imide groups is 1. The average molecular weight is 461 g/mol. The molecule has 7 nitrogen and oxygen atoms in total. The van der Waals surface area contributed by atoms with Crippen molar-refractivity contribution in [2.24, 2.45) is 0 Å². The Labute approximate surface area is 191 Å². The van der Waals surface area contributed by atoms with Crippen LogP contribution in [0.25, 0.3) is 10.2 Å². The summed E-state index contributed by atoms with van der Waals surface area (Å²) in [5.74, 6) is -1.06. The normalized spacial score (nSPS) is 12.8. The van der Waals surface area contributed by atoms with E-state index in [-0.39, 0.29) is 29.1 Å². The first-order valence-corrected chi connectivity index (χ1v) is 10.8. The van der Waals surface area contributed by atoms with Crippen molar-refractivity contribution >= 4 is 44.4 Å². The predicted molar refractivity (Wildman–Crippen MR) is 121 cm³/mol. The number of anilines is 1. The van der Waals surface area contributed by atoms with Gasteiger partial charge in [0.2, 0.25) is 0 Å². The molecule has 4 aromatic rings. The minimum atomic E-state index is -0.480. The van der Waals surface area contributed by atoms with Crippen LogP contribution in [0.3, 0.4) is 0 Å². The highest BCUT2D eigenvalue weighted by atomic mass is 32.1. The van der Waals surface area contributed by atoms with E-state index in [4.69, 9.17) is 4.74 Å². The second-order valence-electron chi connectivity index (χ2n) is 7.39. The number of carbonyl (C=O) groups is 3. The molecule has 1 aliphatic rings. The summed E-state index contributed by atoms with van der Waals surface area (Å²) >= 11 is 1.14. The van der Waals surface area contributed by atoms with Crippen molar-refractivity contribution in [1.82, 2.24) is 9.88 Å². The molecular weight excluding hydrogens is 445 g/mol. The first-order chi connectivity index (χ1) is 15.9. The Balaban J connectivity index is 1.35. The molecular formula is C24H16FN3O4S. The lowest BCUT2D eigenvalue weighted by Crippen LogP contribution is -2.29. The molecule has 3 amide bonds. The van der Waals surface area contributed by atoms with Crippen LogP contribution in [-0.4, -0.2) is 34.7 Å². The number of carbonyl (C=O) groups excluding carboxylic acids is 3. The Morgan fingerprint density at radius 1 is 1.03 bits per heavy atom. The highest BCUT2D eigenvalue weighted by Gasteiger charge is 2.36. The summed E-state index contributed by atoms with van der Waals surface area (Å²) in [7, 11) is 1.56. The average Bonchev–Trinajstić information content (AvgIpc) is 3.32. The number of hydrogen-bond acceptors (Lipinski definition) is 6. The maximum atomic E-state index is 13.4. The Kier molecular flexibility index (Phi) is 5.10. The maximum absolute atomic E-state index is 13.4. The van der Waals surface area contributed by atoms with Crippen LogP contribution in [-0.2, 0) is 6.54 Å². The van der Waals surface area contributed by atoms with Crippen LogP contribution in [0.5, 0.6) is 5.75 Å². The molecule has 9 heteroatoms. The molecule has 1 aliphatic heterocycles. The number of methoxy groups -OCH3 is 1. The van der Waals surface area contributed by atoms with Gasteiger partial charge < -0.3 is 4.74 Å². The standard InChI is InChI=1S/C24H16FN3O4S/c1-32-16-6-2-13(3-7-16)12-28-22(30)17-8-4-14(10-18(17)23(28)31)21(29)27-24-26-19-9-5-15(25)11-20(19)33-24/h2-11H,12H2,1H3,(H,26,27,29). The first kappa shape index (κ1) is 20.8. The van der Waals surface area contributed by atoms with Crippen molar-refractivity contribution in [1.29, 1.82) is 0 Å². The first-order valence-electron chi connectivity index (χ1n) is 9.93. The fraction of sp³-hybridized carbons (Fsp3) is 0.0833. The van der Waals surface area contributed by atoms with E-state index in [1.165, 1.54) is 36.4 Å². The van der Waals surface area contributed by atoms with Gasteiger partial charge in [-0.15, -0.1) is 0 Å². The summed E-state index contributed by atoms with van der Waals surface area (Å²) in [6.45, 7) is 0.111. The minimum absolute atomic E-state index is 0.111. The smallest absolute Gasteiger partial charge is 0.261 e. The largest absolute Gasteiger partial charge is 0.497 e. The second kappa shape index (κ2) is 8.10. The number of hydrogen-bond donors (Lipinski definition) is 1. The molecule has 0 aliphatic carbocycles. The zero-order valence-electron chi connectivity index (χ0n) is 17.3. The minimum Gasteiger partial charge on any atom is -0.497 e. The van der Waals surface area contributed by atoms with Gasteiger partial charge in [0.05, 0.1) is 35.0 Å². The van der Waals surface area contributed by atoms with Crippen molar-refractivity contribution in [3.63, 3.8) is 0 Å². The topological polar surface area (TPSA) is 88.6 Å². The number of ether oxygens (including phenoxy) is 1. The van der Waals surface area contributed by atoms with Crippen LogP contribution in [0.1, 0.15) is 36.6 Å². The molecule has 0 fully saturated rings. The number of amides is 3. The molecule has 0 radical (unpaired) electrons. The van der Waals surface area contributed by atoms with E-state index in [0.717, 1.165) is 21.8 Å². The number of rotatable bonds is 5. The third-order valence-corrected chi connectivity index (χ3v) is 6.24. The van der Waals surface area contributed by atoms with Crippen molar-refractivity contribution in [2.45, 2.75) is 6.54 Å². The van der Waals surface area contributed by atoms with Crippen LogP contribution in [0.2, 0.25) is 0 Å². The van der Waals surface area contributed by atoms with Crippen molar-refractivity contribution < 1.29 is 23.5 Å². The van der Waals surface area contributed by atoms with Gasteiger partial charge in [-0.05, 0) is 54.1 Å². The fourth-order valence-electron chi connectivity index (χ4n) is 3.61. The van der Waals surface area contributed by atoms with E-state index < -0.39 is 17.7 Å². The summed E-state index contributed by atoms with van der Waals surface area (Å²) in [4.78, 5) is 43.9. The van der Waals surface area contributed by atoms with E-state index in [2.05, 4.69) is 10.3 Å². The predicted octanol–water partition coefficient (Wildman–Crippen LogP) is 4.49. The molecule has 0 atom stereocenters. The van der Waals surface area contributed by atoms with Crippen molar-refractivity contribution in [3.8, 4) is 5.75 Å². The van der Waals surface area contributed by atoms with Crippen LogP contribution in [0, 0.1) is 5.82 Å². The van der Waals surface area contributed by atoms with Crippen LogP contribution in [0.15, 0.2) is 60.7 Å². The Morgan fingerprint density at radius 2 is 1.79 bits per heavy atom. The van der Waals surface area contributed by atoms with Gasteiger partial charge >= 0.3 is 0 Å². The maximum Gasteiger partial charge on any atom is 0.261 e. The molecule has 0 spiro atoms. The fourth-order valence-corrected chi connectivity index (χ4v) is 4.50. The van der Waals surface area contributed by atoms with Gasteiger partial charge in [0.15, 0.2) is 5.13 Å². The van der Waals surface area contributed by atoms with Gasteiger partial charge in [-0.3, -0.25) is 24.6 Å². The molecule has 33 heavy (non-hydrogen) atoms. The van der Waals surface area contributed by atoms with Gasteiger partial charge in [-0.1, -0.05) is 23.5 Å². The number of nitrogens with zero attached hydrogens (tertiary/aromatic N) is 2. The highest BCUT2D eigenvalue weighted by molar-refractivity contribution is 7.22. The highest BCUT2D eigenvalue weighted by Crippen LogP contribution is 2.29. The molecule has 1 aromatic heterocycles. The van der Waals surface area contributed by atoms with Gasteiger partial charge in [-0.2, -0.15) is 0 Å². The Bertz CT molecular complexity index is 1430. The van der Waals surface area contributed by atoms with Gasteiger partial charge in [0.25, 0.3) is 17.7 Å². The SMILES string of the molecule is COc1ccc(CN2C(=O)c3ccc(C(=O)Nc4nc5ccc(F)cc5s4)cc3C2=O)cc1. The van der Waals surface area contributed by atoms with E-state index >= 15 is 0 Å². The Hall–Kier alpha value is -4.11. The van der Waals surface area contributed by atoms with E-state index in [1.807, 2.05) is 0 Å². The molecule has 0 bridgehead atoms. The van der Waals surface area contributed by atoms with Crippen LogP contribution in [0.4, 0.5) is 9.52 Å². The molecule has 5 rings (SSSR count). The number of fused-ring (bicyclic) bond motifs is 2. The van der Waals surface area contributed by atoms with Crippen LogP contribution < -0.4 is 10.1 Å². The zero-order valence-corrected chi connectivity index (χ0v) is 18.1. The molecule has 3 aromatic carbocycles. The molecule has 0 unspecified atom stereocenters. The number of nitrogens with one attached hydrogen (secondary N) is 1. The van der Waals surface area contributed by atoms with E-state index in [9.17, 15) is 18.8 Å². The zero-order chi connectivity index (χ0) is 23.1. The number of thiazole rings is 1. The van der Waals surface area contributed by atoms with Gasteiger partial charge in [0, 0.05) is 5.56 Å². The lowest BCUT2D eigenvalue weighted by atomic mass is 10.1. The summed E-state index contributed by atoms with van der Waals surface area (Å²) in [5.41, 5.74) is 1.98. The third-order valence-electron chi connectivity index (χ3n) is 5.30. The van der Waals surface area contributed by atoms with Crippen LogP contribution >= 0.6 is 11.3 Å². The quantitative estimate of drug-likeness (QED) is 0.443. The number of benzene rings is 3. The lowest BCUT2D eigenvalue weighted by Gasteiger charge is -2.14. The summed E-state index contributed by atoms with van der Waals surface area (Å²) in [6.07, 6.45) is 0. The van der Waals surface area contributed by atoms with E-state index in [0.29, 0.717) is 21.1 Å². The van der Waals surface area contributed by atoms with E-state index in [1.54, 1.807) is 31.4 Å². The van der Waals surface area contributed by atoms with Crippen molar-refractivity contribution in [2.75, 3.05) is 12.4 Å². The summed E-state index contributed by atoms with van der Waals surface area (Å²) < 4.78 is 19.1. The Morgan fingerprint density at radius 3 is 2.55 bits per heavy atom. The molecule has 0 saturated carbocycles. The molecule has 1 N–H and O–H groups in total. The molecule has 2 heterocycles. The number of aromatic nitrogens is 1. The summed E-state index contributed by atoms with van der Waals surface area (Å²) in [6, 6.07) is 15.6. The third kappa shape index (κ3) is 3.83. The monoisotopic (exact) mass is 461 g/mol.